The van der Waals surface area contributed by atoms with Gasteiger partial charge in [0.2, 0.25) is 0 Å². The average Bonchev–Trinajstić information content (AvgIpc) is 2.18. The Hall–Kier alpha value is -0.560. The highest BCUT2D eigenvalue weighted by Crippen LogP contribution is 2.47. The minimum atomic E-state index is -4.69. The van der Waals surface area contributed by atoms with Gasteiger partial charge in [-0.2, -0.15) is 13.2 Å². The third-order valence-electron chi connectivity index (χ3n) is 4.02. The van der Waals surface area contributed by atoms with Crippen molar-refractivity contribution in [2.24, 2.45) is 0 Å². The molecule has 2 bridgehead atoms. The van der Waals surface area contributed by atoms with Gasteiger partial charge in [0, 0.05) is 0 Å². The number of alkyl halides is 3. The van der Waals surface area contributed by atoms with Crippen LogP contribution >= 0.6 is 0 Å². The van der Waals surface area contributed by atoms with E-state index >= 15 is 0 Å². The summed E-state index contributed by atoms with van der Waals surface area (Å²) in [5.74, 6) is 0. The number of hydrogen-bond acceptors (Lipinski definition) is 3. The Morgan fingerprint density at radius 3 is 2.06 bits per heavy atom. The van der Waals surface area contributed by atoms with E-state index in [0.717, 1.165) is 0 Å². The first-order chi connectivity index (χ1) is 8.07. The Balaban J connectivity index is 2.33. The Morgan fingerprint density at radius 1 is 1.22 bits per heavy atom. The number of rotatable bonds is 1. The molecule has 2 unspecified atom stereocenters. The van der Waals surface area contributed by atoms with E-state index in [1.807, 2.05) is 0 Å². The van der Waals surface area contributed by atoms with Gasteiger partial charge in [0.05, 0.1) is 21.7 Å². The van der Waals surface area contributed by atoms with Crippen LogP contribution in [0.2, 0.25) is 0 Å². The number of halogens is 3. The zero-order valence-electron chi connectivity index (χ0n) is 9.70. The first-order valence-corrected chi connectivity index (χ1v) is 7.40. The second kappa shape index (κ2) is 3.96. The third-order valence-corrected chi connectivity index (χ3v) is 6.68. The molecule has 2 atom stereocenters. The van der Waals surface area contributed by atoms with E-state index in [4.69, 9.17) is 0 Å². The molecule has 0 aromatic heterocycles. The van der Waals surface area contributed by atoms with Crippen LogP contribution in [-0.2, 0) is 9.84 Å². The predicted molar refractivity (Wildman–Crippen MR) is 59.7 cm³/mol. The van der Waals surface area contributed by atoms with Gasteiger partial charge in [-0.25, -0.2) is 8.42 Å². The lowest BCUT2D eigenvalue weighted by Gasteiger charge is -2.44. The zero-order chi connectivity index (χ0) is 13.8. The topological polar surface area (TPSA) is 54.4 Å². The van der Waals surface area contributed by atoms with Crippen LogP contribution in [0.5, 0.6) is 0 Å². The summed E-state index contributed by atoms with van der Waals surface area (Å²) in [4.78, 5) is 0. The maximum atomic E-state index is 12.6. The van der Waals surface area contributed by atoms with E-state index in [1.165, 1.54) is 0 Å². The van der Waals surface area contributed by atoms with Crippen molar-refractivity contribution in [1.29, 1.82) is 0 Å². The second-order valence-electron chi connectivity index (χ2n) is 5.18. The van der Waals surface area contributed by atoms with Gasteiger partial charge in [0.15, 0.2) is 9.84 Å². The molecule has 7 heteroatoms. The molecule has 0 aromatic rings. The van der Waals surface area contributed by atoms with Crippen molar-refractivity contribution in [1.82, 2.24) is 0 Å². The highest BCUT2D eigenvalue weighted by molar-refractivity contribution is 7.92. The van der Waals surface area contributed by atoms with Gasteiger partial charge < -0.3 is 5.11 Å². The van der Waals surface area contributed by atoms with Gasteiger partial charge in [-0.3, -0.25) is 0 Å². The average molecular weight is 284 g/mol. The monoisotopic (exact) mass is 284 g/mol. The minimum Gasteiger partial charge on any atom is -0.385 e. The van der Waals surface area contributed by atoms with Crippen molar-refractivity contribution in [3.63, 3.8) is 0 Å². The van der Waals surface area contributed by atoms with Crippen molar-refractivity contribution in [3.05, 3.63) is 12.2 Å². The Morgan fingerprint density at radius 2 is 1.67 bits per heavy atom. The first-order valence-electron chi connectivity index (χ1n) is 5.79. The lowest BCUT2D eigenvalue weighted by atomic mass is 9.80. The molecule has 0 aliphatic carbocycles. The predicted octanol–water partition coefficient (Wildman–Crippen LogP) is 1.97. The third kappa shape index (κ3) is 2.07. The summed E-state index contributed by atoms with van der Waals surface area (Å²) in [7, 11) is -3.38. The maximum absolute atomic E-state index is 12.6. The molecule has 2 rings (SSSR count). The Kier molecular flexibility index (Phi) is 3.05. The largest absolute Gasteiger partial charge is 0.414 e. The Labute approximate surface area is 104 Å². The van der Waals surface area contributed by atoms with Crippen molar-refractivity contribution >= 4 is 9.84 Å². The van der Waals surface area contributed by atoms with Crippen molar-refractivity contribution < 1.29 is 26.7 Å². The molecule has 3 nitrogen and oxygen atoms in total. The van der Waals surface area contributed by atoms with Crippen LogP contribution in [0.25, 0.3) is 0 Å². The molecule has 0 spiro atoms. The van der Waals surface area contributed by atoms with Crippen molar-refractivity contribution in [2.75, 3.05) is 0 Å². The first kappa shape index (κ1) is 13.9. The lowest BCUT2D eigenvalue weighted by molar-refractivity contribution is -0.124. The quantitative estimate of drug-likeness (QED) is 0.749. The van der Waals surface area contributed by atoms with Crippen LogP contribution in [0.4, 0.5) is 13.2 Å². The van der Waals surface area contributed by atoms with E-state index in [0.29, 0.717) is 19.3 Å². The number of hydrogen-bond donors (Lipinski definition) is 1. The molecular formula is C11H15F3O3S. The molecular weight excluding hydrogens is 269 g/mol. The van der Waals surface area contributed by atoms with Gasteiger partial charge in [-0.05, 0) is 25.7 Å². The summed E-state index contributed by atoms with van der Waals surface area (Å²) in [5, 5.41) is 8.40. The van der Waals surface area contributed by atoms with Crippen molar-refractivity contribution in [3.8, 4) is 0 Å². The fourth-order valence-corrected chi connectivity index (χ4v) is 5.51. The molecule has 104 valence electrons. The minimum absolute atomic E-state index is 0.326. The number of aliphatic hydroxyl groups is 1. The van der Waals surface area contributed by atoms with Crippen LogP contribution in [-0.4, -0.2) is 35.8 Å². The van der Waals surface area contributed by atoms with Crippen LogP contribution in [0.15, 0.2) is 12.2 Å². The summed E-state index contributed by atoms with van der Waals surface area (Å²) >= 11 is 0. The second-order valence-corrected chi connectivity index (χ2v) is 7.69. The molecule has 2 heterocycles. The smallest absolute Gasteiger partial charge is 0.385 e. The fraction of sp³-hybridized carbons (Fsp3) is 0.818. The zero-order valence-corrected chi connectivity index (χ0v) is 10.5. The molecule has 0 radical (unpaired) electrons. The summed E-state index contributed by atoms with van der Waals surface area (Å²) < 4.78 is 61.8. The molecule has 2 aliphatic rings. The maximum Gasteiger partial charge on any atom is 0.414 e. The molecule has 2 aliphatic heterocycles. The van der Waals surface area contributed by atoms with Gasteiger partial charge >= 0.3 is 6.18 Å². The summed E-state index contributed by atoms with van der Waals surface area (Å²) in [6, 6.07) is 0. The highest BCUT2D eigenvalue weighted by Gasteiger charge is 2.55. The molecule has 0 amide bonds. The van der Waals surface area contributed by atoms with E-state index in [-0.39, 0.29) is 12.8 Å². The number of sulfone groups is 1. The van der Waals surface area contributed by atoms with Crippen LogP contribution < -0.4 is 0 Å². The summed E-state index contributed by atoms with van der Waals surface area (Å²) in [6.07, 6.45) is -4.12. The van der Waals surface area contributed by atoms with E-state index < -0.39 is 37.7 Å². The normalized spacial score (nSPS) is 39.3. The van der Waals surface area contributed by atoms with Crippen molar-refractivity contribution in [2.45, 2.75) is 54.4 Å². The van der Waals surface area contributed by atoms with Gasteiger partial charge in [-0.15, -0.1) is 0 Å². The van der Waals surface area contributed by atoms with Crippen LogP contribution in [0.1, 0.15) is 32.1 Å². The summed E-state index contributed by atoms with van der Waals surface area (Å²) in [5.41, 5.74) is -3.35. The van der Waals surface area contributed by atoms with Gasteiger partial charge in [-0.1, -0.05) is 13.0 Å². The molecule has 2 saturated heterocycles. The summed E-state index contributed by atoms with van der Waals surface area (Å²) in [6.45, 7) is 2.93. The molecule has 0 aromatic carbocycles. The molecule has 1 N–H and O–H groups in total. The molecule has 2 fully saturated rings. The standard InChI is InChI=1S/C11H15F3O3S/c1-7(11(12,13)14)10(15)5-8-3-2-4-9(6-10)18(8,16)17/h8-9,15H,1-6H2. The van der Waals surface area contributed by atoms with Crippen LogP contribution in [0.3, 0.4) is 0 Å². The van der Waals surface area contributed by atoms with Gasteiger partial charge in [0.1, 0.15) is 0 Å². The molecule has 18 heavy (non-hydrogen) atoms. The highest BCUT2D eigenvalue weighted by atomic mass is 32.2. The SMILES string of the molecule is C=C(C(F)(F)F)C1(O)CC2CCCC(C1)S2(=O)=O. The van der Waals surface area contributed by atoms with E-state index in [1.54, 1.807) is 0 Å². The number of fused-ring (bicyclic) bond motifs is 2. The van der Waals surface area contributed by atoms with Crippen LogP contribution in [0, 0.1) is 0 Å². The fourth-order valence-electron chi connectivity index (χ4n) is 2.96. The van der Waals surface area contributed by atoms with E-state index in [9.17, 15) is 26.7 Å². The van der Waals surface area contributed by atoms with E-state index in [2.05, 4.69) is 6.58 Å². The lowest BCUT2D eigenvalue weighted by Crippen LogP contribution is -2.54. The van der Waals surface area contributed by atoms with Gasteiger partial charge in [0.25, 0.3) is 0 Å². The molecule has 0 saturated carbocycles. The Bertz CT molecular complexity index is 446.